The van der Waals surface area contributed by atoms with E-state index in [1.165, 1.54) is 0 Å². The van der Waals surface area contributed by atoms with Gasteiger partial charge in [-0.05, 0) is 44.2 Å². The summed E-state index contributed by atoms with van der Waals surface area (Å²) < 4.78 is 0. The fourth-order valence-electron chi connectivity index (χ4n) is 3.30. The van der Waals surface area contributed by atoms with Crippen LogP contribution in [0.2, 0.25) is 5.02 Å². The number of amides is 1. The molecular formula is C20H25ClN4O. The van der Waals surface area contributed by atoms with Gasteiger partial charge in [-0.2, -0.15) is 0 Å². The van der Waals surface area contributed by atoms with Crippen LogP contribution in [-0.4, -0.2) is 55.1 Å². The maximum atomic E-state index is 12.9. The summed E-state index contributed by atoms with van der Waals surface area (Å²) in [7, 11) is 0. The molecule has 1 aromatic heterocycles. The second-order valence-electron chi connectivity index (χ2n) is 6.33. The average Bonchev–Trinajstić information content (AvgIpc) is 2.69. The Morgan fingerprint density at radius 2 is 1.85 bits per heavy atom. The van der Waals surface area contributed by atoms with Gasteiger partial charge in [0.05, 0.1) is 0 Å². The molecule has 6 heteroatoms. The number of rotatable bonds is 5. The Balaban J connectivity index is 1.66. The fraction of sp³-hybridized carbons (Fsp3) is 0.400. The van der Waals surface area contributed by atoms with E-state index < -0.39 is 0 Å². The van der Waals surface area contributed by atoms with Crippen molar-refractivity contribution in [3.63, 3.8) is 0 Å². The van der Waals surface area contributed by atoms with Gasteiger partial charge in [0.1, 0.15) is 5.82 Å². The highest BCUT2D eigenvalue weighted by Crippen LogP contribution is 2.21. The van der Waals surface area contributed by atoms with Gasteiger partial charge in [-0.25, -0.2) is 4.98 Å². The lowest BCUT2D eigenvalue weighted by Crippen LogP contribution is -2.48. The Morgan fingerprint density at radius 1 is 1.12 bits per heavy atom. The number of pyridine rings is 1. The van der Waals surface area contributed by atoms with E-state index in [0.29, 0.717) is 18.7 Å². The largest absolute Gasteiger partial charge is 0.368 e. The van der Waals surface area contributed by atoms with Crippen molar-refractivity contribution in [3.05, 3.63) is 53.2 Å². The molecular weight excluding hydrogens is 348 g/mol. The average molecular weight is 373 g/mol. The van der Waals surface area contributed by atoms with E-state index >= 15 is 0 Å². The van der Waals surface area contributed by atoms with Crippen LogP contribution in [0.25, 0.3) is 0 Å². The number of hydrogen-bond acceptors (Lipinski definition) is 4. The zero-order valence-corrected chi connectivity index (χ0v) is 16.1. The van der Waals surface area contributed by atoms with E-state index in [1.807, 2.05) is 29.2 Å². The molecule has 0 radical (unpaired) electrons. The Morgan fingerprint density at radius 3 is 2.50 bits per heavy atom. The number of hydrogen-bond donors (Lipinski definition) is 0. The molecule has 26 heavy (non-hydrogen) atoms. The molecule has 5 nitrogen and oxygen atoms in total. The topological polar surface area (TPSA) is 39.7 Å². The predicted octanol–water partition coefficient (Wildman–Crippen LogP) is 3.54. The smallest absolute Gasteiger partial charge is 0.254 e. The van der Waals surface area contributed by atoms with E-state index in [2.05, 4.69) is 34.7 Å². The van der Waals surface area contributed by atoms with E-state index in [4.69, 9.17) is 11.6 Å². The summed E-state index contributed by atoms with van der Waals surface area (Å²) in [4.78, 5) is 23.6. The standard InChI is InChI=1S/C20H25ClN4O/c1-3-23(4-2)19-14-16(8-9-22-19)20(26)25-12-10-24(11-13-25)18-7-5-6-17(21)15-18/h5-9,14-15H,3-4,10-13H2,1-2H3. The molecule has 0 atom stereocenters. The third-order valence-corrected chi connectivity index (χ3v) is 5.06. The SMILES string of the molecule is CCN(CC)c1cc(C(=O)N2CCN(c3cccc(Cl)c3)CC2)ccn1. The second kappa shape index (κ2) is 8.41. The summed E-state index contributed by atoms with van der Waals surface area (Å²) >= 11 is 6.09. The van der Waals surface area contributed by atoms with Crippen LogP contribution in [-0.2, 0) is 0 Å². The molecule has 1 aliphatic rings. The minimum absolute atomic E-state index is 0.0755. The molecule has 0 bridgehead atoms. The lowest BCUT2D eigenvalue weighted by atomic mass is 10.2. The molecule has 1 aliphatic heterocycles. The summed E-state index contributed by atoms with van der Waals surface area (Å²) in [5.74, 6) is 0.935. The maximum absolute atomic E-state index is 12.9. The molecule has 0 spiro atoms. The zero-order chi connectivity index (χ0) is 18.5. The van der Waals surface area contributed by atoms with Gasteiger partial charge < -0.3 is 14.7 Å². The predicted molar refractivity (Wildman–Crippen MR) is 107 cm³/mol. The third kappa shape index (κ3) is 4.10. The Hall–Kier alpha value is -2.27. The first kappa shape index (κ1) is 18.5. The second-order valence-corrected chi connectivity index (χ2v) is 6.77. The van der Waals surface area contributed by atoms with Crippen LogP contribution < -0.4 is 9.80 Å². The van der Waals surface area contributed by atoms with Gasteiger partial charge >= 0.3 is 0 Å². The number of piperazine rings is 1. The number of carbonyl (C=O) groups is 1. The van der Waals surface area contributed by atoms with E-state index in [-0.39, 0.29) is 5.91 Å². The Kier molecular flexibility index (Phi) is 5.99. The lowest BCUT2D eigenvalue weighted by molar-refractivity contribution is 0.0746. The number of halogens is 1. The van der Waals surface area contributed by atoms with Gasteiger partial charge in [0.25, 0.3) is 5.91 Å². The number of anilines is 2. The summed E-state index contributed by atoms with van der Waals surface area (Å²) in [6, 6.07) is 11.6. The minimum Gasteiger partial charge on any atom is -0.368 e. The first-order valence-electron chi connectivity index (χ1n) is 9.13. The van der Waals surface area contributed by atoms with Gasteiger partial charge in [-0.1, -0.05) is 17.7 Å². The molecule has 3 rings (SSSR count). The Labute approximate surface area is 160 Å². The van der Waals surface area contributed by atoms with Crippen molar-refractivity contribution in [3.8, 4) is 0 Å². The van der Waals surface area contributed by atoms with Gasteiger partial charge in [0, 0.05) is 61.7 Å². The van der Waals surface area contributed by atoms with Crippen LogP contribution >= 0.6 is 11.6 Å². The normalized spacial score (nSPS) is 14.4. The lowest BCUT2D eigenvalue weighted by Gasteiger charge is -2.36. The molecule has 0 aliphatic carbocycles. The van der Waals surface area contributed by atoms with Crippen LogP contribution in [0.3, 0.4) is 0 Å². The quantitative estimate of drug-likeness (QED) is 0.804. The maximum Gasteiger partial charge on any atom is 0.254 e. The number of carbonyl (C=O) groups excluding carboxylic acids is 1. The molecule has 1 aromatic carbocycles. The minimum atomic E-state index is 0.0755. The molecule has 1 fully saturated rings. The van der Waals surface area contributed by atoms with E-state index in [1.54, 1.807) is 12.3 Å². The molecule has 1 amide bonds. The first-order chi connectivity index (χ1) is 12.6. The van der Waals surface area contributed by atoms with Crippen LogP contribution in [0.5, 0.6) is 0 Å². The molecule has 1 saturated heterocycles. The van der Waals surface area contributed by atoms with Crippen molar-refractivity contribution in [1.29, 1.82) is 0 Å². The molecule has 2 aromatic rings. The van der Waals surface area contributed by atoms with Crippen molar-refractivity contribution >= 4 is 29.0 Å². The highest BCUT2D eigenvalue weighted by Gasteiger charge is 2.23. The zero-order valence-electron chi connectivity index (χ0n) is 15.4. The van der Waals surface area contributed by atoms with Gasteiger partial charge in [0.2, 0.25) is 0 Å². The van der Waals surface area contributed by atoms with Crippen LogP contribution in [0.15, 0.2) is 42.6 Å². The van der Waals surface area contributed by atoms with Gasteiger partial charge in [-0.15, -0.1) is 0 Å². The fourth-order valence-corrected chi connectivity index (χ4v) is 3.48. The first-order valence-corrected chi connectivity index (χ1v) is 9.51. The monoisotopic (exact) mass is 372 g/mol. The molecule has 138 valence electrons. The molecule has 2 heterocycles. The summed E-state index contributed by atoms with van der Waals surface area (Å²) in [5.41, 5.74) is 1.82. The van der Waals surface area contributed by atoms with Gasteiger partial charge in [-0.3, -0.25) is 4.79 Å². The highest BCUT2D eigenvalue weighted by atomic mass is 35.5. The van der Waals surface area contributed by atoms with Crippen molar-refractivity contribution in [2.75, 3.05) is 49.1 Å². The summed E-state index contributed by atoms with van der Waals surface area (Å²) in [6.45, 7) is 8.95. The van der Waals surface area contributed by atoms with Crippen molar-refractivity contribution in [1.82, 2.24) is 9.88 Å². The molecule has 0 N–H and O–H groups in total. The number of aromatic nitrogens is 1. The van der Waals surface area contributed by atoms with Crippen LogP contribution in [0.4, 0.5) is 11.5 Å². The number of benzene rings is 1. The van der Waals surface area contributed by atoms with Crippen LogP contribution in [0, 0.1) is 0 Å². The van der Waals surface area contributed by atoms with E-state index in [9.17, 15) is 4.79 Å². The molecule has 0 unspecified atom stereocenters. The van der Waals surface area contributed by atoms with Crippen LogP contribution in [0.1, 0.15) is 24.2 Å². The summed E-state index contributed by atoms with van der Waals surface area (Å²) in [5, 5.41) is 0.738. The van der Waals surface area contributed by atoms with Crippen molar-refractivity contribution in [2.45, 2.75) is 13.8 Å². The van der Waals surface area contributed by atoms with Crippen molar-refractivity contribution < 1.29 is 4.79 Å². The summed E-state index contributed by atoms with van der Waals surface area (Å²) in [6.07, 6.45) is 1.73. The highest BCUT2D eigenvalue weighted by molar-refractivity contribution is 6.30. The third-order valence-electron chi connectivity index (χ3n) is 4.82. The number of nitrogens with zero attached hydrogens (tertiary/aromatic N) is 4. The van der Waals surface area contributed by atoms with Crippen molar-refractivity contribution in [2.24, 2.45) is 0 Å². The Bertz CT molecular complexity index is 755. The van der Waals surface area contributed by atoms with Gasteiger partial charge in [0.15, 0.2) is 0 Å². The van der Waals surface area contributed by atoms with E-state index in [0.717, 1.165) is 42.7 Å². The molecule has 0 saturated carbocycles.